The summed E-state index contributed by atoms with van der Waals surface area (Å²) in [4.78, 5) is 14.9. The fourth-order valence-electron chi connectivity index (χ4n) is 1.69. The zero-order valence-electron chi connectivity index (χ0n) is 10.1. The summed E-state index contributed by atoms with van der Waals surface area (Å²) < 4.78 is 0. The Morgan fingerprint density at radius 3 is 3.06 bits per heavy atom. The van der Waals surface area contributed by atoms with E-state index in [2.05, 4.69) is 20.5 Å². The third-order valence-corrected chi connectivity index (χ3v) is 3.83. The van der Waals surface area contributed by atoms with E-state index in [0.29, 0.717) is 16.6 Å². The predicted molar refractivity (Wildman–Crippen MR) is 70.6 cm³/mol. The summed E-state index contributed by atoms with van der Waals surface area (Å²) in [5.74, 6) is 0. The normalized spacial score (nSPS) is 14.9. The van der Waals surface area contributed by atoms with E-state index in [4.69, 9.17) is 0 Å². The molecule has 2 N–H and O–H groups in total. The van der Waals surface area contributed by atoms with Crippen molar-refractivity contribution in [1.29, 1.82) is 0 Å². The zero-order chi connectivity index (χ0) is 12.5. The smallest absolute Gasteiger partial charge is 0.192 e. The first-order valence-corrected chi connectivity index (χ1v) is 6.79. The number of aryl methyl sites for hydroxylation is 1. The van der Waals surface area contributed by atoms with Gasteiger partial charge in [-0.15, -0.1) is 10.2 Å². The molecule has 5 nitrogen and oxygen atoms in total. The second-order valence-corrected chi connectivity index (χ2v) is 5.61. The zero-order valence-corrected chi connectivity index (χ0v) is 10.9. The molecule has 2 aromatic heterocycles. The van der Waals surface area contributed by atoms with Crippen LogP contribution in [0.3, 0.4) is 0 Å². The molecule has 0 aliphatic heterocycles. The number of aromatic amines is 1. The number of nitrogens with one attached hydrogen (secondary N) is 2. The molecule has 0 spiro atoms. The standard InChI is InChI=1S/C12H14N4OS/c1-7-4-10(17)9(5-13-7)12-16-15-11(18-12)6-14-8-2-3-8/h4-5,8,14H,2-3,6H2,1H3,(H,13,17). The van der Waals surface area contributed by atoms with E-state index in [1.54, 1.807) is 12.3 Å². The van der Waals surface area contributed by atoms with Crippen LogP contribution < -0.4 is 10.7 Å². The van der Waals surface area contributed by atoms with Crippen molar-refractivity contribution in [2.75, 3.05) is 0 Å². The van der Waals surface area contributed by atoms with Crippen LogP contribution in [0.5, 0.6) is 0 Å². The molecule has 1 aliphatic carbocycles. The van der Waals surface area contributed by atoms with Crippen molar-refractivity contribution in [2.45, 2.75) is 32.4 Å². The lowest BCUT2D eigenvalue weighted by Crippen LogP contribution is -2.14. The van der Waals surface area contributed by atoms with Gasteiger partial charge in [-0.1, -0.05) is 11.3 Å². The highest BCUT2D eigenvalue weighted by Gasteiger charge is 2.21. The van der Waals surface area contributed by atoms with Crippen molar-refractivity contribution in [1.82, 2.24) is 20.5 Å². The quantitative estimate of drug-likeness (QED) is 0.875. The lowest BCUT2D eigenvalue weighted by Gasteiger charge is -1.96. The van der Waals surface area contributed by atoms with Crippen LogP contribution in [0.2, 0.25) is 0 Å². The van der Waals surface area contributed by atoms with Crippen LogP contribution in [0, 0.1) is 6.92 Å². The van der Waals surface area contributed by atoms with E-state index in [0.717, 1.165) is 17.2 Å². The summed E-state index contributed by atoms with van der Waals surface area (Å²) in [5, 5.41) is 13.2. The van der Waals surface area contributed by atoms with E-state index in [1.807, 2.05) is 6.92 Å². The van der Waals surface area contributed by atoms with Crippen LogP contribution in [-0.4, -0.2) is 21.2 Å². The maximum absolute atomic E-state index is 11.8. The molecule has 94 valence electrons. The second kappa shape index (κ2) is 4.62. The third-order valence-electron chi connectivity index (χ3n) is 2.87. The Bertz CT molecular complexity index is 615. The number of aromatic nitrogens is 3. The fraction of sp³-hybridized carbons (Fsp3) is 0.417. The largest absolute Gasteiger partial charge is 0.364 e. The molecule has 0 saturated heterocycles. The monoisotopic (exact) mass is 262 g/mol. The Kier molecular flexibility index (Phi) is 2.97. The number of pyridine rings is 1. The fourth-order valence-corrected chi connectivity index (χ4v) is 2.50. The SMILES string of the molecule is Cc1cc(=O)c(-c2nnc(CNC3CC3)s2)c[nH]1. The molecule has 0 bridgehead atoms. The highest BCUT2D eigenvalue weighted by Crippen LogP contribution is 2.22. The summed E-state index contributed by atoms with van der Waals surface area (Å²) in [6.07, 6.45) is 4.21. The lowest BCUT2D eigenvalue weighted by atomic mass is 10.2. The van der Waals surface area contributed by atoms with Gasteiger partial charge >= 0.3 is 0 Å². The van der Waals surface area contributed by atoms with Crippen molar-refractivity contribution < 1.29 is 0 Å². The number of hydrogen-bond acceptors (Lipinski definition) is 5. The van der Waals surface area contributed by atoms with Crippen molar-refractivity contribution in [3.05, 3.63) is 33.2 Å². The summed E-state index contributed by atoms with van der Waals surface area (Å²) >= 11 is 1.47. The van der Waals surface area contributed by atoms with Crippen molar-refractivity contribution in [3.63, 3.8) is 0 Å². The first-order valence-electron chi connectivity index (χ1n) is 5.98. The van der Waals surface area contributed by atoms with Gasteiger partial charge in [-0.3, -0.25) is 4.79 Å². The van der Waals surface area contributed by atoms with Gasteiger partial charge in [-0.25, -0.2) is 0 Å². The van der Waals surface area contributed by atoms with Crippen molar-refractivity contribution in [3.8, 4) is 10.6 Å². The third kappa shape index (κ3) is 2.49. The minimum Gasteiger partial charge on any atom is -0.364 e. The van der Waals surface area contributed by atoms with Gasteiger partial charge in [-0.05, 0) is 19.8 Å². The first-order chi connectivity index (χ1) is 8.72. The van der Waals surface area contributed by atoms with Gasteiger partial charge < -0.3 is 10.3 Å². The summed E-state index contributed by atoms with van der Waals surface area (Å²) in [6, 6.07) is 2.24. The Balaban J connectivity index is 1.80. The minimum atomic E-state index is -0.0101. The highest BCUT2D eigenvalue weighted by molar-refractivity contribution is 7.14. The maximum atomic E-state index is 11.8. The molecule has 0 aromatic carbocycles. The molecule has 2 heterocycles. The molecule has 1 saturated carbocycles. The van der Waals surface area contributed by atoms with Crippen LogP contribution >= 0.6 is 11.3 Å². The molecule has 0 unspecified atom stereocenters. The Labute approximate surface area is 108 Å². The molecule has 0 atom stereocenters. The van der Waals surface area contributed by atoms with Gasteiger partial charge in [-0.2, -0.15) is 0 Å². The summed E-state index contributed by atoms with van der Waals surface area (Å²) in [7, 11) is 0. The molecular formula is C12H14N4OS. The lowest BCUT2D eigenvalue weighted by molar-refractivity contribution is 0.679. The number of hydrogen-bond donors (Lipinski definition) is 2. The van der Waals surface area contributed by atoms with Gasteiger partial charge in [0.05, 0.1) is 5.56 Å². The molecule has 18 heavy (non-hydrogen) atoms. The van der Waals surface area contributed by atoms with Gasteiger partial charge in [0.1, 0.15) is 5.01 Å². The maximum Gasteiger partial charge on any atom is 0.192 e. The minimum absolute atomic E-state index is 0.0101. The summed E-state index contributed by atoms with van der Waals surface area (Å²) in [5.41, 5.74) is 1.43. The number of rotatable bonds is 4. The second-order valence-electron chi connectivity index (χ2n) is 4.55. The predicted octanol–water partition coefficient (Wildman–Crippen LogP) is 1.45. The van der Waals surface area contributed by atoms with Crippen LogP contribution in [0.25, 0.3) is 10.6 Å². The molecule has 2 aromatic rings. The number of H-pyrrole nitrogens is 1. The Hall–Kier alpha value is -1.53. The molecular weight excluding hydrogens is 248 g/mol. The van der Waals surface area contributed by atoms with Gasteiger partial charge in [0, 0.05) is 30.5 Å². The van der Waals surface area contributed by atoms with E-state index in [-0.39, 0.29) is 5.43 Å². The van der Waals surface area contributed by atoms with Crippen LogP contribution in [0.1, 0.15) is 23.5 Å². The first kappa shape index (κ1) is 11.6. The molecule has 1 aliphatic rings. The van der Waals surface area contributed by atoms with Crippen LogP contribution in [-0.2, 0) is 6.54 Å². The molecule has 3 rings (SSSR count). The van der Waals surface area contributed by atoms with Gasteiger partial charge in [0.25, 0.3) is 0 Å². The van der Waals surface area contributed by atoms with Crippen LogP contribution in [0.15, 0.2) is 17.1 Å². The van der Waals surface area contributed by atoms with Crippen molar-refractivity contribution in [2.24, 2.45) is 0 Å². The van der Waals surface area contributed by atoms with E-state index in [9.17, 15) is 4.79 Å². The van der Waals surface area contributed by atoms with Crippen molar-refractivity contribution >= 4 is 11.3 Å². The van der Waals surface area contributed by atoms with Gasteiger partial charge in [0.2, 0.25) is 0 Å². The van der Waals surface area contributed by atoms with Crippen LogP contribution in [0.4, 0.5) is 0 Å². The molecule has 6 heteroatoms. The number of nitrogens with zero attached hydrogens (tertiary/aromatic N) is 2. The topological polar surface area (TPSA) is 70.7 Å². The molecule has 0 radical (unpaired) electrons. The average Bonchev–Trinajstić information content (AvgIpc) is 3.05. The van der Waals surface area contributed by atoms with E-state index >= 15 is 0 Å². The molecule has 0 amide bonds. The Morgan fingerprint density at radius 2 is 2.33 bits per heavy atom. The molecule has 1 fully saturated rings. The van der Waals surface area contributed by atoms with Gasteiger partial charge in [0.15, 0.2) is 10.4 Å². The summed E-state index contributed by atoms with van der Waals surface area (Å²) in [6.45, 7) is 2.60. The average molecular weight is 262 g/mol. The van der Waals surface area contributed by atoms with E-state index in [1.165, 1.54) is 24.2 Å². The highest BCUT2D eigenvalue weighted by atomic mass is 32.1. The van der Waals surface area contributed by atoms with E-state index < -0.39 is 0 Å². The Morgan fingerprint density at radius 1 is 1.50 bits per heavy atom.